The molecule has 0 unspecified atom stereocenters. The van der Waals surface area contributed by atoms with Gasteiger partial charge in [0.15, 0.2) is 0 Å². The number of carbonyl (C=O) groups excluding carboxylic acids is 1. The molecule has 0 aliphatic heterocycles. The second-order valence-corrected chi connectivity index (χ2v) is 5.33. The van der Waals surface area contributed by atoms with Crippen LogP contribution in [0.4, 0.5) is 5.69 Å². The Bertz CT molecular complexity index is 749. The van der Waals surface area contributed by atoms with Crippen molar-refractivity contribution in [3.8, 4) is 11.8 Å². The first kappa shape index (κ1) is 15.8. The summed E-state index contributed by atoms with van der Waals surface area (Å²) < 4.78 is 5.97. The molecule has 22 heavy (non-hydrogen) atoms. The molecule has 4 nitrogen and oxygen atoms in total. The monoisotopic (exact) mass is 356 g/mol. The van der Waals surface area contributed by atoms with E-state index in [9.17, 15) is 10.1 Å². The Hall–Kier alpha value is -2.58. The van der Waals surface area contributed by atoms with Crippen LogP contribution in [0.5, 0.6) is 5.75 Å². The lowest BCUT2D eigenvalue weighted by molar-refractivity contribution is -0.112. The van der Waals surface area contributed by atoms with Crippen molar-refractivity contribution in [2.45, 2.75) is 0 Å². The number of nitriles is 1. The van der Waals surface area contributed by atoms with Gasteiger partial charge in [0, 0.05) is 10.2 Å². The Morgan fingerprint density at radius 3 is 2.64 bits per heavy atom. The molecule has 0 bridgehead atoms. The average molecular weight is 357 g/mol. The van der Waals surface area contributed by atoms with Crippen LogP contribution in [0.2, 0.25) is 0 Å². The van der Waals surface area contributed by atoms with Gasteiger partial charge in [-0.1, -0.05) is 34.1 Å². The molecular weight excluding hydrogens is 344 g/mol. The van der Waals surface area contributed by atoms with Crippen LogP contribution in [0.3, 0.4) is 0 Å². The second-order valence-electron chi connectivity index (χ2n) is 4.41. The van der Waals surface area contributed by atoms with Crippen LogP contribution in [-0.2, 0) is 4.79 Å². The van der Waals surface area contributed by atoms with E-state index < -0.39 is 5.91 Å². The zero-order chi connectivity index (χ0) is 15.9. The van der Waals surface area contributed by atoms with Crippen LogP contribution in [-0.4, -0.2) is 13.0 Å². The molecule has 0 aromatic heterocycles. The molecule has 2 rings (SSSR count). The number of hydrogen-bond acceptors (Lipinski definition) is 3. The first-order valence-electron chi connectivity index (χ1n) is 6.45. The van der Waals surface area contributed by atoms with Crippen molar-refractivity contribution in [1.29, 1.82) is 5.26 Å². The van der Waals surface area contributed by atoms with E-state index in [2.05, 4.69) is 21.2 Å². The van der Waals surface area contributed by atoms with Crippen LogP contribution in [0, 0.1) is 11.3 Å². The molecule has 1 amide bonds. The quantitative estimate of drug-likeness (QED) is 0.665. The Balaban J connectivity index is 2.26. The third-order valence-corrected chi connectivity index (χ3v) is 3.29. The smallest absolute Gasteiger partial charge is 0.266 e. The zero-order valence-corrected chi connectivity index (χ0v) is 13.4. The fourth-order valence-corrected chi connectivity index (χ4v) is 2.31. The molecule has 0 aliphatic rings. The molecule has 0 atom stereocenters. The Morgan fingerprint density at radius 1 is 1.27 bits per heavy atom. The van der Waals surface area contributed by atoms with Gasteiger partial charge in [-0.05, 0) is 42.0 Å². The van der Waals surface area contributed by atoms with Crippen molar-refractivity contribution in [2.24, 2.45) is 0 Å². The largest absolute Gasteiger partial charge is 0.497 e. The fraction of sp³-hybridized carbons (Fsp3) is 0.0588. The Morgan fingerprint density at radius 2 is 2.00 bits per heavy atom. The lowest BCUT2D eigenvalue weighted by atomic mass is 10.1. The second kappa shape index (κ2) is 7.43. The minimum Gasteiger partial charge on any atom is -0.497 e. The molecule has 0 saturated heterocycles. The maximum absolute atomic E-state index is 12.1. The number of halogens is 1. The van der Waals surface area contributed by atoms with Crippen molar-refractivity contribution in [2.75, 3.05) is 12.4 Å². The molecule has 0 spiro atoms. The topological polar surface area (TPSA) is 62.1 Å². The van der Waals surface area contributed by atoms with Gasteiger partial charge in [-0.3, -0.25) is 4.79 Å². The predicted molar refractivity (Wildman–Crippen MR) is 89.4 cm³/mol. The normalized spacial score (nSPS) is 10.7. The number of rotatable bonds is 4. The Labute approximate surface area is 137 Å². The fourth-order valence-electron chi connectivity index (χ4n) is 1.82. The number of ether oxygens (including phenoxy) is 1. The summed E-state index contributed by atoms with van der Waals surface area (Å²) in [7, 11) is 1.56. The van der Waals surface area contributed by atoms with Crippen molar-refractivity contribution in [3.63, 3.8) is 0 Å². The number of anilines is 1. The molecule has 0 aliphatic carbocycles. The van der Waals surface area contributed by atoms with E-state index in [1.54, 1.807) is 37.4 Å². The van der Waals surface area contributed by atoms with Gasteiger partial charge < -0.3 is 10.1 Å². The summed E-state index contributed by atoms with van der Waals surface area (Å²) in [5.74, 6) is 0.189. The van der Waals surface area contributed by atoms with E-state index in [1.807, 2.05) is 24.3 Å². The number of nitrogens with zero attached hydrogens (tertiary/aromatic N) is 1. The van der Waals surface area contributed by atoms with Crippen LogP contribution < -0.4 is 10.1 Å². The summed E-state index contributed by atoms with van der Waals surface area (Å²) in [4.78, 5) is 12.1. The maximum atomic E-state index is 12.1. The van der Waals surface area contributed by atoms with E-state index >= 15 is 0 Å². The van der Waals surface area contributed by atoms with Crippen molar-refractivity contribution in [3.05, 3.63) is 64.1 Å². The van der Waals surface area contributed by atoms with Gasteiger partial charge in [-0.15, -0.1) is 0 Å². The summed E-state index contributed by atoms with van der Waals surface area (Å²) in [6.45, 7) is 0. The first-order chi connectivity index (χ1) is 10.6. The molecule has 5 heteroatoms. The number of methoxy groups -OCH3 is 1. The Kier molecular flexibility index (Phi) is 5.34. The molecule has 0 fully saturated rings. The van der Waals surface area contributed by atoms with Crippen molar-refractivity contribution in [1.82, 2.24) is 0 Å². The highest BCUT2D eigenvalue weighted by Gasteiger charge is 2.10. The highest BCUT2D eigenvalue weighted by atomic mass is 79.9. The summed E-state index contributed by atoms with van der Waals surface area (Å²) >= 11 is 3.36. The third-order valence-electron chi connectivity index (χ3n) is 2.84. The van der Waals surface area contributed by atoms with Crippen molar-refractivity contribution < 1.29 is 9.53 Å². The van der Waals surface area contributed by atoms with Crippen LogP contribution >= 0.6 is 15.9 Å². The third kappa shape index (κ3) is 4.21. The number of hydrogen-bond donors (Lipinski definition) is 1. The van der Waals surface area contributed by atoms with Gasteiger partial charge in [-0.2, -0.15) is 5.26 Å². The molecule has 0 saturated carbocycles. The molecule has 2 aromatic rings. The average Bonchev–Trinajstić information content (AvgIpc) is 2.52. The summed E-state index contributed by atoms with van der Waals surface area (Å²) in [5, 5.41) is 11.9. The van der Waals surface area contributed by atoms with Crippen molar-refractivity contribution >= 4 is 33.6 Å². The van der Waals surface area contributed by atoms with Gasteiger partial charge in [0.05, 0.1) is 7.11 Å². The molecule has 0 heterocycles. The zero-order valence-electron chi connectivity index (χ0n) is 11.8. The predicted octanol–water partition coefficient (Wildman–Crippen LogP) is 4.00. The van der Waals surface area contributed by atoms with Gasteiger partial charge in [-0.25, -0.2) is 0 Å². The van der Waals surface area contributed by atoms with Crippen LogP contribution in [0.15, 0.2) is 58.6 Å². The highest BCUT2D eigenvalue weighted by molar-refractivity contribution is 9.10. The summed E-state index contributed by atoms with van der Waals surface area (Å²) in [5.41, 5.74) is 1.36. The molecule has 110 valence electrons. The van der Waals surface area contributed by atoms with Gasteiger partial charge in [0.25, 0.3) is 5.91 Å². The first-order valence-corrected chi connectivity index (χ1v) is 7.24. The number of benzene rings is 2. The summed E-state index contributed by atoms with van der Waals surface area (Å²) in [6, 6.07) is 16.3. The van der Waals surface area contributed by atoms with Crippen LogP contribution in [0.1, 0.15) is 5.56 Å². The lowest BCUT2D eigenvalue weighted by Crippen LogP contribution is -2.13. The van der Waals surface area contributed by atoms with Gasteiger partial charge in [0.1, 0.15) is 17.4 Å². The number of para-hydroxylation sites is 1. The van der Waals surface area contributed by atoms with E-state index in [1.165, 1.54) is 6.08 Å². The molecule has 0 radical (unpaired) electrons. The molecule has 1 N–H and O–H groups in total. The van der Waals surface area contributed by atoms with Gasteiger partial charge in [0.2, 0.25) is 0 Å². The number of amides is 1. The number of carbonyl (C=O) groups is 1. The van der Waals surface area contributed by atoms with Crippen LogP contribution in [0.25, 0.3) is 6.08 Å². The maximum Gasteiger partial charge on any atom is 0.266 e. The number of nitrogens with one attached hydrogen (secondary N) is 1. The molecule has 2 aromatic carbocycles. The van der Waals surface area contributed by atoms with E-state index in [0.29, 0.717) is 17.0 Å². The molecular formula is C17H13BrN2O2. The van der Waals surface area contributed by atoms with E-state index in [-0.39, 0.29) is 5.57 Å². The van der Waals surface area contributed by atoms with E-state index in [4.69, 9.17) is 4.74 Å². The summed E-state index contributed by atoms with van der Waals surface area (Å²) in [6.07, 6.45) is 1.52. The van der Waals surface area contributed by atoms with E-state index in [0.717, 1.165) is 4.47 Å². The highest BCUT2D eigenvalue weighted by Crippen LogP contribution is 2.23. The minimum atomic E-state index is -0.451. The van der Waals surface area contributed by atoms with Gasteiger partial charge >= 0.3 is 0 Å². The lowest BCUT2D eigenvalue weighted by Gasteiger charge is -2.05. The standard InChI is InChI=1S/C17H13BrN2O2/c1-22-16-9-12(8-14(18)10-16)7-13(11-19)17(21)20-15-5-3-2-4-6-15/h2-10H,1H3,(H,20,21)/b13-7+. The minimum absolute atomic E-state index is 0.0176. The SMILES string of the molecule is COc1cc(Br)cc(/C=C(\C#N)C(=O)Nc2ccccc2)c1.